The molecule has 0 spiro atoms. The summed E-state index contributed by atoms with van der Waals surface area (Å²) in [5, 5.41) is 18.6. The van der Waals surface area contributed by atoms with Gasteiger partial charge in [0.1, 0.15) is 0 Å². The monoisotopic (exact) mass is 492 g/mol. The Morgan fingerprint density at radius 1 is 1.06 bits per heavy atom. The third-order valence-electron chi connectivity index (χ3n) is 5.88. The van der Waals surface area contributed by atoms with Gasteiger partial charge in [0.15, 0.2) is 5.75 Å². The van der Waals surface area contributed by atoms with Crippen LogP contribution >= 0.6 is 24.0 Å². The third-order valence-corrected chi connectivity index (χ3v) is 6.20. The zero-order chi connectivity index (χ0) is 22.9. The van der Waals surface area contributed by atoms with Crippen LogP contribution in [0, 0.1) is 6.92 Å². The van der Waals surface area contributed by atoms with Crippen molar-refractivity contribution in [2.75, 3.05) is 18.4 Å². The first-order valence-corrected chi connectivity index (χ1v) is 11.7. The summed E-state index contributed by atoms with van der Waals surface area (Å²) in [4.78, 5) is 16.1. The van der Waals surface area contributed by atoms with E-state index < -0.39 is 0 Å². The van der Waals surface area contributed by atoms with E-state index in [1.165, 1.54) is 31.7 Å². The fourth-order valence-corrected chi connectivity index (χ4v) is 4.16. The number of aromatic nitrogens is 2. The molecule has 0 radical (unpaired) electrons. The molecule has 0 saturated heterocycles. The molecule has 3 N–H and O–H groups in total. The molecule has 6 nitrogen and oxygen atoms in total. The van der Waals surface area contributed by atoms with Gasteiger partial charge in [0.05, 0.1) is 16.2 Å². The standard InChI is InChI=1S/C25H33ClN4O2.ClH/c1-18-16-23(31)25(32)22(30(18)2)17-27-13-7-5-3-4-6-8-14-28-21-12-15-29-20-11-9-10-19(26)24(20)21;/h9-12,15-16,27,32H,3-8,13-14,17H2,1-2H3,(H,28,29);1H. The number of rotatable bonds is 12. The first-order valence-electron chi connectivity index (χ1n) is 11.4. The molecular weight excluding hydrogens is 459 g/mol. The highest BCUT2D eigenvalue weighted by atomic mass is 35.5. The summed E-state index contributed by atoms with van der Waals surface area (Å²) >= 11 is 6.35. The molecule has 1 aromatic carbocycles. The molecule has 3 aromatic rings. The van der Waals surface area contributed by atoms with Gasteiger partial charge in [-0.3, -0.25) is 9.78 Å². The Morgan fingerprint density at radius 3 is 2.52 bits per heavy atom. The number of pyridine rings is 2. The summed E-state index contributed by atoms with van der Waals surface area (Å²) in [6.07, 6.45) is 8.80. The fraction of sp³-hybridized carbons (Fsp3) is 0.440. The van der Waals surface area contributed by atoms with Crippen LogP contribution < -0.4 is 16.1 Å². The number of fused-ring (bicyclic) bond motifs is 1. The number of anilines is 1. The molecule has 0 unspecified atom stereocenters. The summed E-state index contributed by atoms with van der Waals surface area (Å²) in [5.41, 5.74) is 3.14. The van der Waals surface area contributed by atoms with E-state index in [1.54, 1.807) is 0 Å². The lowest BCUT2D eigenvalue weighted by atomic mass is 10.1. The van der Waals surface area contributed by atoms with Crippen molar-refractivity contribution in [3.8, 4) is 5.75 Å². The number of aromatic hydroxyl groups is 1. The number of halogens is 2. The van der Waals surface area contributed by atoms with Crippen LogP contribution in [0.4, 0.5) is 5.69 Å². The highest BCUT2D eigenvalue weighted by Crippen LogP contribution is 2.28. The second-order valence-electron chi connectivity index (χ2n) is 8.22. The Hall–Kier alpha value is -2.28. The molecule has 0 amide bonds. The number of aryl methyl sites for hydroxylation is 1. The molecular formula is C25H34Cl2N4O2. The average Bonchev–Trinajstić information content (AvgIpc) is 2.78. The highest BCUT2D eigenvalue weighted by molar-refractivity contribution is 6.36. The van der Waals surface area contributed by atoms with Crippen molar-refractivity contribution in [1.29, 1.82) is 0 Å². The summed E-state index contributed by atoms with van der Waals surface area (Å²) < 4.78 is 1.86. The van der Waals surface area contributed by atoms with Crippen LogP contribution in [0.2, 0.25) is 5.02 Å². The molecule has 0 atom stereocenters. The van der Waals surface area contributed by atoms with Crippen LogP contribution in [0.5, 0.6) is 5.75 Å². The van der Waals surface area contributed by atoms with Crippen molar-refractivity contribution in [3.05, 3.63) is 63.2 Å². The van der Waals surface area contributed by atoms with Gasteiger partial charge < -0.3 is 20.3 Å². The summed E-state index contributed by atoms with van der Waals surface area (Å²) in [6.45, 7) is 4.16. The van der Waals surface area contributed by atoms with Gasteiger partial charge in [0.2, 0.25) is 5.43 Å². The van der Waals surface area contributed by atoms with Crippen molar-refractivity contribution in [2.24, 2.45) is 7.05 Å². The molecule has 8 heteroatoms. The lowest BCUT2D eigenvalue weighted by Crippen LogP contribution is -2.21. The van der Waals surface area contributed by atoms with E-state index in [2.05, 4.69) is 15.6 Å². The summed E-state index contributed by atoms with van der Waals surface area (Å²) in [7, 11) is 1.87. The molecule has 0 fully saturated rings. The Labute approximate surface area is 206 Å². The lowest BCUT2D eigenvalue weighted by molar-refractivity contribution is 0.444. The Kier molecular flexibility index (Phi) is 11.0. The zero-order valence-corrected chi connectivity index (χ0v) is 20.9. The van der Waals surface area contributed by atoms with Crippen molar-refractivity contribution in [1.82, 2.24) is 14.9 Å². The minimum absolute atomic E-state index is 0. The topological polar surface area (TPSA) is 79.2 Å². The zero-order valence-electron chi connectivity index (χ0n) is 19.4. The van der Waals surface area contributed by atoms with E-state index in [9.17, 15) is 9.90 Å². The summed E-state index contributed by atoms with van der Waals surface area (Å²) in [6, 6.07) is 9.24. The largest absolute Gasteiger partial charge is 0.503 e. The van der Waals surface area contributed by atoms with E-state index in [0.717, 1.165) is 53.2 Å². The van der Waals surface area contributed by atoms with Gasteiger partial charge in [-0.15, -0.1) is 12.4 Å². The first-order chi connectivity index (χ1) is 15.5. The van der Waals surface area contributed by atoms with Crippen LogP contribution in [-0.2, 0) is 13.6 Å². The van der Waals surface area contributed by atoms with E-state index in [-0.39, 0.29) is 23.6 Å². The van der Waals surface area contributed by atoms with E-state index in [1.807, 2.05) is 49.0 Å². The Bertz CT molecular complexity index is 1100. The average molecular weight is 493 g/mol. The van der Waals surface area contributed by atoms with Gasteiger partial charge in [-0.1, -0.05) is 43.4 Å². The predicted octanol–water partition coefficient (Wildman–Crippen LogP) is 5.57. The number of unbranched alkanes of at least 4 members (excludes halogenated alkanes) is 5. The van der Waals surface area contributed by atoms with E-state index in [4.69, 9.17) is 11.6 Å². The van der Waals surface area contributed by atoms with Crippen molar-refractivity contribution >= 4 is 40.6 Å². The molecule has 180 valence electrons. The van der Waals surface area contributed by atoms with Crippen molar-refractivity contribution in [3.63, 3.8) is 0 Å². The van der Waals surface area contributed by atoms with E-state index in [0.29, 0.717) is 12.2 Å². The van der Waals surface area contributed by atoms with Crippen LogP contribution in [0.15, 0.2) is 41.3 Å². The van der Waals surface area contributed by atoms with Crippen LogP contribution in [-0.4, -0.2) is 27.7 Å². The molecule has 0 saturated carbocycles. The summed E-state index contributed by atoms with van der Waals surface area (Å²) in [5.74, 6) is -0.152. The quantitative estimate of drug-likeness (QED) is 0.288. The minimum atomic E-state index is -0.313. The van der Waals surface area contributed by atoms with Gasteiger partial charge in [-0.2, -0.15) is 0 Å². The Balaban J connectivity index is 0.00000385. The third kappa shape index (κ3) is 7.36. The molecule has 3 rings (SSSR count). The maximum Gasteiger partial charge on any atom is 0.223 e. The molecule has 0 aliphatic rings. The molecule has 33 heavy (non-hydrogen) atoms. The number of hydrogen-bond donors (Lipinski definition) is 3. The predicted molar refractivity (Wildman–Crippen MR) is 140 cm³/mol. The number of nitrogens with zero attached hydrogens (tertiary/aromatic N) is 2. The molecule has 2 aromatic heterocycles. The molecule has 2 heterocycles. The van der Waals surface area contributed by atoms with Crippen molar-refractivity contribution < 1.29 is 5.11 Å². The van der Waals surface area contributed by atoms with Gasteiger partial charge in [-0.05, 0) is 44.5 Å². The molecule has 0 bridgehead atoms. The van der Waals surface area contributed by atoms with Gasteiger partial charge >= 0.3 is 0 Å². The second-order valence-corrected chi connectivity index (χ2v) is 8.63. The van der Waals surface area contributed by atoms with Gasteiger partial charge in [0.25, 0.3) is 0 Å². The number of benzene rings is 1. The Morgan fingerprint density at radius 2 is 1.76 bits per heavy atom. The molecule has 0 aliphatic carbocycles. The SMILES string of the molecule is Cc1cc(=O)c(O)c(CNCCCCCCCCNc2ccnc3cccc(Cl)c23)n1C.Cl. The van der Waals surface area contributed by atoms with Crippen LogP contribution in [0.3, 0.4) is 0 Å². The van der Waals surface area contributed by atoms with Crippen molar-refractivity contribution in [2.45, 2.75) is 52.0 Å². The first kappa shape index (κ1) is 27.0. The second kappa shape index (κ2) is 13.4. The smallest absolute Gasteiger partial charge is 0.223 e. The van der Waals surface area contributed by atoms with E-state index >= 15 is 0 Å². The highest BCUT2D eigenvalue weighted by Gasteiger charge is 2.10. The number of hydrogen-bond acceptors (Lipinski definition) is 5. The maximum absolute atomic E-state index is 11.7. The van der Waals surface area contributed by atoms with Crippen LogP contribution in [0.25, 0.3) is 10.9 Å². The lowest BCUT2D eigenvalue weighted by Gasteiger charge is -2.14. The number of nitrogens with one attached hydrogen (secondary N) is 2. The normalized spacial score (nSPS) is 10.9. The molecule has 0 aliphatic heterocycles. The fourth-order valence-electron chi connectivity index (χ4n) is 3.89. The minimum Gasteiger partial charge on any atom is -0.503 e. The van der Waals surface area contributed by atoms with Gasteiger partial charge in [0, 0.05) is 49.2 Å². The van der Waals surface area contributed by atoms with Gasteiger partial charge in [-0.25, -0.2) is 0 Å². The van der Waals surface area contributed by atoms with Crippen LogP contribution in [0.1, 0.15) is 49.9 Å². The maximum atomic E-state index is 11.7.